The number of fused-ring (bicyclic) bond motifs is 1. The van der Waals surface area contributed by atoms with Gasteiger partial charge in [-0.3, -0.25) is 14.7 Å². The molecule has 0 atom stereocenters. The zero-order valence-electron chi connectivity index (χ0n) is 14.3. The van der Waals surface area contributed by atoms with Gasteiger partial charge in [0.1, 0.15) is 0 Å². The van der Waals surface area contributed by atoms with Gasteiger partial charge in [0, 0.05) is 23.8 Å². The second kappa shape index (κ2) is 7.93. The topological polar surface area (TPSA) is 46.1 Å². The van der Waals surface area contributed by atoms with Crippen molar-refractivity contribution in [3.8, 4) is 0 Å². The van der Waals surface area contributed by atoms with E-state index in [2.05, 4.69) is 11.9 Å². The van der Waals surface area contributed by atoms with Crippen molar-refractivity contribution in [2.24, 2.45) is 0 Å². The van der Waals surface area contributed by atoms with E-state index in [1.165, 1.54) is 11.3 Å². The maximum Gasteiger partial charge on any atom is 0.229 e. The smallest absolute Gasteiger partial charge is 0.229 e. The van der Waals surface area contributed by atoms with Crippen LogP contribution in [0.15, 0.2) is 36.7 Å². The fourth-order valence-corrected chi connectivity index (χ4v) is 4.09. The number of thiazole rings is 1. The Morgan fingerprint density at radius 2 is 2.20 bits per heavy atom. The average Bonchev–Trinajstić information content (AvgIpc) is 3.02. The van der Waals surface area contributed by atoms with E-state index in [-0.39, 0.29) is 5.91 Å². The van der Waals surface area contributed by atoms with E-state index in [0.29, 0.717) is 23.1 Å². The lowest BCUT2D eigenvalue weighted by molar-refractivity contribution is -0.118. The molecule has 0 aliphatic heterocycles. The Balaban J connectivity index is 1.98. The largest absolute Gasteiger partial charge is 0.284 e. The summed E-state index contributed by atoms with van der Waals surface area (Å²) in [5.41, 5.74) is 2.91. The number of unbranched alkanes of at least 4 members (excludes halogenated alkanes) is 1. The van der Waals surface area contributed by atoms with Gasteiger partial charge in [0.2, 0.25) is 5.91 Å². The first kappa shape index (κ1) is 17.8. The highest BCUT2D eigenvalue weighted by atomic mass is 35.5. The molecule has 1 aromatic carbocycles. The number of hydrogen-bond acceptors (Lipinski definition) is 4. The number of anilines is 1. The second-order valence-electron chi connectivity index (χ2n) is 6.01. The predicted octanol–water partition coefficient (Wildman–Crippen LogP) is 5.38. The van der Waals surface area contributed by atoms with Gasteiger partial charge in [-0.25, -0.2) is 4.98 Å². The zero-order valence-corrected chi connectivity index (χ0v) is 15.9. The van der Waals surface area contributed by atoms with Crippen molar-refractivity contribution in [3.05, 3.63) is 52.8 Å². The third kappa shape index (κ3) is 4.17. The van der Waals surface area contributed by atoms with Crippen molar-refractivity contribution in [1.29, 1.82) is 0 Å². The van der Waals surface area contributed by atoms with Crippen molar-refractivity contribution in [2.75, 3.05) is 4.90 Å². The normalized spacial score (nSPS) is 11.0. The molecule has 2 aromatic heterocycles. The molecule has 0 saturated heterocycles. The van der Waals surface area contributed by atoms with Gasteiger partial charge in [0.05, 0.1) is 16.8 Å². The van der Waals surface area contributed by atoms with Crippen molar-refractivity contribution < 1.29 is 4.79 Å². The van der Waals surface area contributed by atoms with Gasteiger partial charge in [-0.05, 0) is 42.7 Å². The first-order valence-electron chi connectivity index (χ1n) is 8.34. The lowest BCUT2D eigenvalue weighted by Gasteiger charge is -2.19. The summed E-state index contributed by atoms with van der Waals surface area (Å²) in [6.45, 7) is 4.55. The molecule has 0 unspecified atom stereocenters. The molecule has 0 aliphatic rings. The third-order valence-corrected chi connectivity index (χ3v) is 5.22. The zero-order chi connectivity index (χ0) is 17.8. The van der Waals surface area contributed by atoms with Crippen LogP contribution in [-0.4, -0.2) is 15.9 Å². The predicted molar refractivity (Wildman–Crippen MR) is 104 cm³/mol. The first-order chi connectivity index (χ1) is 12.1. The number of halogens is 1. The molecule has 0 fully saturated rings. The lowest BCUT2D eigenvalue weighted by atomic mass is 10.2. The number of nitrogens with zero attached hydrogens (tertiary/aromatic N) is 3. The molecule has 25 heavy (non-hydrogen) atoms. The number of aryl methyl sites for hydroxylation is 1. The molecule has 4 nitrogen and oxygen atoms in total. The van der Waals surface area contributed by atoms with E-state index in [4.69, 9.17) is 16.6 Å². The Morgan fingerprint density at radius 3 is 2.92 bits per heavy atom. The van der Waals surface area contributed by atoms with Crippen molar-refractivity contribution in [2.45, 2.75) is 39.7 Å². The molecule has 0 N–H and O–H groups in total. The third-order valence-electron chi connectivity index (χ3n) is 3.98. The van der Waals surface area contributed by atoms with Crippen LogP contribution in [0.25, 0.3) is 10.2 Å². The van der Waals surface area contributed by atoms with Crippen LogP contribution in [0.3, 0.4) is 0 Å². The molecule has 0 saturated carbocycles. The Kier molecular flexibility index (Phi) is 5.66. The molecule has 0 radical (unpaired) electrons. The summed E-state index contributed by atoms with van der Waals surface area (Å²) < 4.78 is 1.000. The van der Waals surface area contributed by atoms with Gasteiger partial charge in [0.25, 0.3) is 0 Å². The van der Waals surface area contributed by atoms with Crippen LogP contribution in [0.4, 0.5) is 5.13 Å². The fourth-order valence-electron chi connectivity index (χ4n) is 2.66. The lowest BCUT2D eigenvalue weighted by Crippen LogP contribution is -2.30. The second-order valence-corrected chi connectivity index (χ2v) is 7.46. The maximum atomic E-state index is 12.8. The van der Waals surface area contributed by atoms with E-state index in [1.807, 2.05) is 31.2 Å². The molecule has 3 aromatic rings. The van der Waals surface area contributed by atoms with Gasteiger partial charge < -0.3 is 0 Å². The minimum absolute atomic E-state index is 0.0912. The van der Waals surface area contributed by atoms with E-state index >= 15 is 0 Å². The van der Waals surface area contributed by atoms with Crippen LogP contribution in [-0.2, 0) is 11.3 Å². The van der Waals surface area contributed by atoms with Crippen LogP contribution in [0.5, 0.6) is 0 Å². The highest BCUT2D eigenvalue weighted by Gasteiger charge is 2.20. The number of amides is 1. The van der Waals surface area contributed by atoms with Crippen LogP contribution in [0.1, 0.15) is 37.3 Å². The molecule has 0 bridgehead atoms. The van der Waals surface area contributed by atoms with Crippen molar-refractivity contribution in [1.82, 2.24) is 9.97 Å². The van der Waals surface area contributed by atoms with Gasteiger partial charge >= 0.3 is 0 Å². The summed E-state index contributed by atoms with van der Waals surface area (Å²) in [7, 11) is 0. The van der Waals surface area contributed by atoms with Crippen LogP contribution >= 0.6 is 22.9 Å². The highest BCUT2D eigenvalue weighted by molar-refractivity contribution is 7.22. The molecule has 130 valence electrons. The standard InChI is InChI=1S/C19H20ClN3OS/c1-3-4-7-17(24)23(12-14-6-5-8-21-11-14)19-22-18-13(2)9-15(20)10-16(18)25-19/h5-6,8-11H,3-4,7,12H2,1-2H3. The quantitative estimate of drug-likeness (QED) is 0.583. The monoisotopic (exact) mass is 373 g/mol. The Labute approximate surface area is 156 Å². The maximum absolute atomic E-state index is 12.8. The Hall–Kier alpha value is -1.98. The SMILES string of the molecule is CCCCC(=O)N(Cc1cccnc1)c1nc2c(C)cc(Cl)cc2s1. The Bertz CT molecular complexity index is 879. The van der Waals surface area contributed by atoms with Crippen molar-refractivity contribution in [3.63, 3.8) is 0 Å². The summed E-state index contributed by atoms with van der Waals surface area (Å²) in [5.74, 6) is 0.0912. The molecule has 1 amide bonds. The summed E-state index contributed by atoms with van der Waals surface area (Å²) in [6.07, 6.45) is 5.90. The summed E-state index contributed by atoms with van der Waals surface area (Å²) in [6, 6.07) is 7.66. The highest BCUT2D eigenvalue weighted by Crippen LogP contribution is 2.34. The summed E-state index contributed by atoms with van der Waals surface area (Å²) in [5, 5.41) is 1.40. The van der Waals surface area contributed by atoms with Crippen molar-refractivity contribution >= 4 is 44.2 Å². The van der Waals surface area contributed by atoms with Crippen LogP contribution < -0.4 is 4.90 Å². The van der Waals surface area contributed by atoms with E-state index in [9.17, 15) is 4.79 Å². The number of benzene rings is 1. The minimum Gasteiger partial charge on any atom is -0.284 e. The number of hydrogen-bond donors (Lipinski definition) is 0. The number of carbonyl (C=O) groups is 1. The van der Waals surface area contributed by atoms with Gasteiger partial charge in [-0.2, -0.15) is 0 Å². The molecular weight excluding hydrogens is 354 g/mol. The number of pyridine rings is 1. The molecule has 0 spiro atoms. The number of aromatic nitrogens is 2. The number of rotatable bonds is 6. The first-order valence-corrected chi connectivity index (χ1v) is 9.54. The summed E-state index contributed by atoms with van der Waals surface area (Å²) >= 11 is 7.67. The van der Waals surface area contributed by atoms with Crippen LogP contribution in [0.2, 0.25) is 5.02 Å². The molecule has 3 rings (SSSR count). The molecule has 0 aliphatic carbocycles. The van der Waals surface area contributed by atoms with E-state index in [0.717, 1.165) is 34.2 Å². The fraction of sp³-hybridized carbons (Fsp3) is 0.316. The van der Waals surface area contributed by atoms with Crippen LogP contribution in [0, 0.1) is 6.92 Å². The molecule has 6 heteroatoms. The molecular formula is C19H20ClN3OS. The van der Waals surface area contributed by atoms with Gasteiger partial charge in [0.15, 0.2) is 5.13 Å². The van der Waals surface area contributed by atoms with E-state index in [1.54, 1.807) is 17.3 Å². The van der Waals surface area contributed by atoms with Gasteiger partial charge in [-0.15, -0.1) is 0 Å². The average molecular weight is 374 g/mol. The minimum atomic E-state index is 0.0912. The molecule has 2 heterocycles. The van der Waals surface area contributed by atoms with E-state index < -0.39 is 0 Å². The Morgan fingerprint density at radius 1 is 1.36 bits per heavy atom. The summed E-state index contributed by atoms with van der Waals surface area (Å²) in [4.78, 5) is 23.4. The number of carbonyl (C=O) groups excluding carboxylic acids is 1. The van der Waals surface area contributed by atoms with Gasteiger partial charge in [-0.1, -0.05) is 42.3 Å².